The Hall–Kier alpha value is -2.08. The maximum absolute atomic E-state index is 12.0. The van der Waals surface area contributed by atoms with Crippen molar-refractivity contribution < 1.29 is 23.9 Å². The van der Waals surface area contributed by atoms with Crippen molar-refractivity contribution in [3.8, 4) is 0 Å². The van der Waals surface area contributed by atoms with Crippen molar-refractivity contribution in [1.82, 2.24) is 0 Å². The van der Waals surface area contributed by atoms with Gasteiger partial charge < -0.3 is 9.47 Å². The molecule has 6 heteroatoms. The maximum Gasteiger partial charge on any atom is 0.375 e. The van der Waals surface area contributed by atoms with Crippen LogP contribution in [0, 0.1) is 0 Å². The van der Waals surface area contributed by atoms with E-state index in [-0.39, 0.29) is 17.9 Å². The molecule has 0 fully saturated rings. The molecule has 5 nitrogen and oxygen atoms in total. The highest BCUT2D eigenvalue weighted by Gasteiger charge is 2.22. The summed E-state index contributed by atoms with van der Waals surface area (Å²) in [5, 5.41) is 0. The third-order valence-electron chi connectivity index (χ3n) is 2.55. The second-order valence-corrected chi connectivity index (χ2v) is 6.95. The Balaban J connectivity index is 2.82. The number of carbonyl (C=O) groups is 3. The minimum Gasteiger partial charge on any atom is -0.462 e. The molecule has 0 aliphatic rings. The van der Waals surface area contributed by atoms with E-state index >= 15 is 0 Å². The average Bonchev–Trinajstić information content (AvgIpc) is 2.50. The molecular weight excluding hydrogens is 328 g/mol. The lowest BCUT2D eigenvalue weighted by Crippen LogP contribution is -2.28. The number of thioether (sulfide) groups is 1. The van der Waals surface area contributed by atoms with E-state index in [1.165, 1.54) is 17.8 Å². The fourth-order valence-electron chi connectivity index (χ4n) is 1.59. The molecule has 1 aromatic rings. The molecule has 1 rings (SSSR count). The van der Waals surface area contributed by atoms with Crippen LogP contribution in [-0.4, -0.2) is 29.9 Å². The first-order valence-corrected chi connectivity index (χ1v) is 8.41. The number of rotatable bonds is 7. The van der Waals surface area contributed by atoms with E-state index in [1.54, 1.807) is 27.7 Å². The van der Waals surface area contributed by atoms with Gasteiger partial charge in [0.25, 0.3) is 0 Å². The summed E-state index contributed by atoms with van der Waals surface area (Å²) in [7, 11) is 0. The van der Waals surface area contributed by atoms with Crippen LogP contribution in [0.2, 0.25) is 0 Å². The van der Waals surface area contributed by atoms with Crippen LogP contribution in [0.1, 0.15) is 34.1 Å². The first-order chi connectivity index (χ1) is 11.2. The molecule has 0 radical (unpaired) electrons. The fraction of sp³-hybridized carbons (Fsp3) is 0.389. The molecule has 0 saturated carbocycles. The quantitative estimate of drug-likeness (QED) is 0.324. The summed E-state index contributed by atoms with van der Waals surface area (Å²) < 4.78 is 10.0. The van der Waals surface area contributed by atoms with E-state index in [0.717, 1.165) is 4.90 Å². The molecule has 0 atom stereocenters. The highest BCUT2D eigenvalue weighted by Crippen LogP contribution is 2.27. The Morgan fingerprint density at radius 1 is 1.08 bits per heavy atom. The van der Waals surface area contributed by atoms with E-state index in [1.807, 2.05) is 30.3 Å². The average molecular weight is 350 g/mol. The fourth-order valence-corrected chi connectivity index (χ4v) is 2.44. The van der Waals surface area contributed by atoms with Gasteiger partial charge in [0.05, 0.1) is 11.5 Å². The first kappa shape index (κ1) is 20.0. The van der Waals surface area contributed by atoms with Gasteiger partial charge in [-0.25, -0.2) is 9.59 Å². The molecule has 0 unspecified atom stereocenters. The summed E-state index contributed by atoms with van der Waals surface area (Å²) in [4.78, 5) is 36.7. The third-order valence-corrected chi connectivity index (χ3v) is 3.61. The van der Waals surface area contributed by atoms with Crippen LogP contribution in [0.5, 0.6) is 0 Å². The van der Waals surface area contributed by atoms with Gasteiger partial charge in [-0.1, -0.05) is 36.0 Å². The molecule has 0 saturated heterocycles. The second-order valence-electron chi connectivity index (χ2n) is 5.83. The first-order valence-electron chi connectivity index (χ1n) is 7.59. The van der Waals surface area contributed by atoms with Gasteiger partial charge >= 0.3 is 11.9 Å². The van der Waals surface area contributed by atoms with Gasteiger partial charge in [-0.2, -0.15) is 0 Å². The van der Waals surface area contributed by atoms with E-state index in [9.17, 15) is 14.4 Å². The summed E-state index contributed by atoms with van der Waals surface area (Å²) in [5.41, 5.74) is -0.737. The van der Waals surface area contributed by atoms with Crippen molar-refractivity contribution in [3.63, 3.8) is 0 Å². The van der Waals surface area contributed by atoms with Crippen LogP contribution < -0.4 is 0 Å². The number of ketones is 1. The molecule has 0 bridgehead atoms. The molecule has 24 heavy (non-hydrogen) atoms. The zero-order valence-corrected chi connectivity index (χ0v) is 15.1. The van der Waals surface area contributed by atoms with Crippen molar-refractivity contribution in [3.05, 3.63) is 41.3 Å². The predicted molar refractivity (Wildman–Crippen MR) is 92.5 cm³/mol. The second kappa shape index (κ2) is 9.27. The van der Waals surface area contributed by atoms with Gasteiger partial charge in [0.1, 0.15) is 5.60 Å². The highest BCUT2D eigenvalue weighted by atomic mass is 32.2. The Labute approximate surface area is 146 Å². The van der Waals surface area contributed by atoms with Crippen LogP contribution >= 0.6 is 11.8 Å². The number of allylic oxidation sites excluding steroid dienone is 1. The summed E-state index contributed by atoms with van der Waals surface area (Å²) in [6.45, 7) is 6.98. The molecular formula is C18H22O5S. The van der Waals surface area contributed by atoms with Crippen LogP contribution in [0.3, 0.4) is 0 Å². The summed E-state index contributed by atoms with van der Waals surface area (Å²) in [6, 6.07) is 9.23. The third kappa shape index (κ3) is 7.46. The molecule has 0 aliphatic heterocycles. The van der Waals surface area contributed by atoms with Crippen LogP contribution in [-0.2, 0) is 23.9 Å². The Morgan fingerprint density at radius 3 is 2.25 bits per heavy atom. The number of carbonyl (C=O) groups excluding carboxylic acids is 3. The van der Waals surface area contributed by atoms with E-state index in [2.05, 4.69) is 0 Å². The van der Waals surface area contributed by atoms with Crippen molar-refractivity contribution in [2.45, 2.75) is 44.6 Å². The van der Waals surface area contributed by atoms with E-state index in [4.69, 9.17) is 9.47 Å². The molecule has 0 aliphatic carbocycles. The number of ether oxygens (including phenoxy) is 2. The SMILES string of the molecule is CCOC(=O)C(=CCC(=O)C(=O)OC(C)(C)C)Sc1ccccc1. The minimum absolute atomic E-state index is 0.219. The largest absolute Gasteiger partial charge is 0.462 e. The number of esters is 2. The lowest BCUT2D eigenvalue weighted by Gasteiger charge is -2.18. The normalized spacial score (nSPS) is 11.8. The van der Waals surface area contributed by atoms with Gasteiger partial charge in [0.15, 0.2) is 0 Å². The monoisotopic (exact) mass is 350 g/mol. The van der Waals surface area contributed by atoms with Crippen LogP contribution in [0.4, 0.5) is 0 Å². The van der Waals surface area contributed by atoms with Gasteiger partial charge in [-0.15, -0.1) is 0 Å². The molecule has 0 amide bonds. The highest BCUT2D eigenvalue weighted by molar-refractivity contribution is 8.04. The van der Waals surface area contributed by atoms with Crippen LogP contribution in [0.15, 0.2) is 46.2 Å². The zero-order valence-electron chi connectivity index (χ0n) is 14.3. The topological polar surface area (TPSA) is 69.7 Å². The lowest BCUT2D eigenvalue weighted by atomic mass is 10.2. The molecule has 1 aromatic carbocycles. The predicted octanol–water partition coefficient (Wildman–Crippen LogP) is 3.53. The Bertz CT molecular complexity index is 614. The van der Waals surface area contributed by atoms with Gasteiger partial charge in [0, 0.05) is 11.3 Å². The number of hydrogen-bond donors (Lipinski definition) is 0. The van der Waals surface area contributed by atoms with Crippen molar-refractivity contribution in [2.24, 2.45) is 0 Å². The molecule has 0 heterocycles. The number of benzene rings is 1. The van der Waals surface area contributed by atoms with Crippen molar-refractivity contribution >= 4 is 29.5 Å². The maximum atomic E-state index is 12.0. The Morgan fingerprint density at radius 2 is 1.71 bits per heavy atom. The van der Waals surface area contributed by atoms with Crippen LogP contribution in [0.25, 0.3) is 0 Å². The molecule has 0 N–H and O–H groups in total. The number of Topliss-reactive ketones (excluding diaryl/α,β-unsaturated/α-hetero) is 1. The van der Waals surface area contributed by atoms with Crippen molar-refractivity contribution in [1.29, 1.82) is 0 Å². The smallest absolute Gasteiger partial charge is 0.375 e. The van der Waals surface area contributed by atoms with Gasteiger partial charge in [-0.3, -0.25) is 4.79 Å². The summed E-state index contributed by atoms with van der Waals surface area (Å²) >= 11 is 1.19. The van der Waals surface area contributed by atoms with Crippen molar-refractivity contribution in [2.75, 3.05) is 6.61 Å². The minimum atomic E-state index is -0.910. The van der Waals surface area contributed by atoms with E-state index in [0.29, 0.717) is 0 Å². The zero-order chi connectivity index (χ0) is 18.2. The van der Waals surface area contributed by atoms with E-state index < -0.39 is 23.3 Å². The molecule has 0 aromatic heterocycles. The molecule has 130 valence electrons. The number of hydrogen-bond acceptors (Lipinski definition) is 6. The summed E-state index contributed by atoms with van der Waals surface area (Å²) in [6.07, 6.45) is 1.19. The lowest BCUT2D eigenvalue weighted by molar-refractivity contribution is -0.162. The standard InChI is InChI=1S/C18H22O5S/c1-5-22-17(21)15(24-13-9-7-6-8-10-13)12-11-14(19)16(20)23-18(2,3)4/h6-10,12H,5,11H2,1-4H3. The summed E-state index contributed by atoms with van der Waals surface area (Å²) in [5.74, 6) is -2.14. The van der Waals surface area contributed by atoms with Gasteiger partial charge in [-0.05, 0) is 39.8 Å². The molecule has 0 spiro atoms. The van der Waals surface area contributed by atoms with Gasteiger partial charge in [0.2, 0.25) is 5.78 Å². The Kier molecular flexibility index (Phi) is 7.71.